The van der Waals surface area contributed by atoms with Gasteiger partial charge in [-0.3, -0.25) is 4.90 Å². The van der Waals surface area contributed by atoms with Gasteiger partial charge in [-0.2, -0.15) is 0 Å². The van der Waals surface area contributed by atoms with Gasteiger partial charge in [0.2, 0.25) is 0 Å². The van der Waals surface area contributed by atoms with Crippen molar-refractivity contribution in [2.75, 3.05) is 19.6 Å². The number of aromatic nitrogens is 2. The molecule has 1 heterocycles. The molecule has 0 amide bonds. The zero-order valence-corrected chi connectivity index (χ0v) is 11.7. The van der Waals surface area contributed by atoms with E-state index in [1.807, 2.05) is 12.5 Å². The lowest BCUT2D eigenvalue weighted by molar-refractivity contribution is 0.265. The second-order valence-electron chi connectivity index (χ2n) is 5.11. The van der Waals surface area contributed by atoms with Crippen LogP contribution in [0.25, 0.3) is 0 Å². The highest BCUT2D eigenvalue weighted by atomic mass is 15.2. The van der Waals surface area contributed by atoms with Crippen molar-refractivity contribution in [1.29, 1.82) is 0 Å². The Hall–Kier alpha value is -0.870. The molecule has 4 nitrogen and oxygen atoms in total. The molecule has 4 heteroatoms. The first-order chi connectivity index (χ1) is 8.85. The molecule has 1 aliphatic carbocycles. The van der Waals surface area contributed by atoms with Crippen molar-refractivity contribution in [2.45, 2.75) is 52.2 Å². The fourth-order valence-corrected chi connectivity index (χ4v) is 2.36. The van der Waals surface area contributed by atoms with Crippen molar-refractivity contribution < 1.29 is 0 Å². The predicted molar refractivity (Wildman–Crippen MR) is 74.5 cm³/mol. The molecule has 0 radical (unpaired) electrons. The van der Waals surface area contributed by atoms with Gasteiger partial charge in [0.05, 0.1) is 12.0 Å². The summed E-state index contributed by atoms with van der Waals surface area (Å²) in [6.07, 6.45) is 7.91. The lowest BCUT2D eigenvalue weighted by Gasteiger charge is -2.20. The van der Waals surface area contributed by atoms with Crippen LogP contribution in [0.3, 0.4) is 0 Å². The van der Waals surface area contributed by atoms with E-state index in [0.717, 1.165) is 32.2 Å². The van der Waals surface area contributed by atoms with Gasteiger partial charge >= 0.3 is 0 Å². The molecule has 0 spiro atoms. The molecule has 0 atom stereocenters. The Balaban J connectivity index is 1.79. The second-order valence-corrected chi connectivity index (χ2v) is 5.11. The van der Waals surface area contributed by atoms with Gasteiger partial charge in [-0.15, -0.1) is 0 Å². The molecule has 0 unspecified atom stereocenters. The van der Waals surface area contributed by atoms with Crippen LogP contribution in [0.5, 0.6) is 0 Å². The van der Waals surface area contributed by atoms with Gasteiger partial charge in [-0.05, 0) is 32.4 Å². The smallest absolute Gasteiger partial charge is 0.0949 e. The highest BCUT2D eigenvalue weighted by molar-refractivity contribution is 4.98. The number of imidazole rings is 1. The molecule has 1 fully saturated rings. The number of nitrogens with zero attached hydrogens (tertiary/aromatic N) is 3. The summed E-state index contributed by atoms with van der Waals surface area (Å²) < 4.78 is 2.29. The van der Waals surface area contributed by atoms with Crippen LogP contribution in [0.4, 0.5) is 0 Å². The maximum Gasteiger partial charge on any atom is 0.0949 e. The summed E-state index contributed by atoms with van der Waals surface area (Å²) in [7, 11) is 0. The fraction of sp³-hybridized carbons (Fsp3) is 0.786. The van der Waals surface area contributed by atoms with Gasteiger partial charge in [0.25, 0.3) is 0 Å². The van der Waals surface area contributed by atoms with Crippen molar-refractivity contribution >= 4 is 0 Å². The lowest BCUT2D eigenvalue weighted by Crippen LogP contribution is -2.30. The summed E-state index contributed by atoms with van der Waals surface area (Å²) in [6.45, 7) is 9.85. The third-order valence-corrected chi connectivity index (χ3v) is 3.63. The van der Waals surface area contributed by atoms with Crippen LogP contribution in [0.1, 0.15) is 38.8 Å². The average molecular weight is 250 g/mol. The summed E-state index contributed by atoms with van der Waals surface area (Å²) in [5.41, 5.74) is 1.30. The van der Waals surface area contributed by atoms with E-state index in [2.05, 4.69) is 33.6 Å². The lowest BCUT2D eigenvalue weighted by atomic mass is 10.4. The quantitative estimate of drug-likeness (QED) is 0.679. The molecule has 18 heavy (non-hydrogen) atoms. The molecule has 102 valence electrons. The van der Waals surface area contributed by atoms with Crippen LogP contribution in [-0.2, 0) is 13.1 Å². The van der Waals surface area contributed by atoms with Crippen LogP contribution in [0, 0.1) is 0 Å². The van der Waals surface area contributed by atoms with Crippen molar-refractivity contribution in [3.8, 4) is 0 Å². The second kappa shape index (κ2) is 6.90. The Labute approximate surface area is 110 Å². The first-order valence-corrected chi connectivity index (χ1v) is 7.29. The topological polar surface area (TPSA) is 33.1 Å². The van der Waals surface area contributed by atoms with Crippen molar-refractivity contribution in [1.82, 2.24) is 19.8 Å². The molecule has 1 saturated carbocycles. The maximum absolute atomic E-state index is 4.27. The van der Waals surface area contributed by atoms with E-state index >= 15 is 0 Å². The minimum absolute atomic E-state index is 0.861. The number of rotatable bonds is 9. The third-order valence-electron chi connectivity index (χ3n) is 3.63. The van der Waals surface area contributed by atoms with Gasteiger partial charge in [-0.1, -0.05) is 13.8 Å². The van der Waals surface area contributed by atoms with E-state index in [-0.39, 0.29) is 0 Å². The van der Waals surface area contributed by atoms with E-state index in [1.54, 1.807) is 0 Å². The zero-order valence-electron chi connectivity index (χ0n) is 11.7. The molecule has 1 aromatic rings. The van der Waals surface area contributed by atoms with E-state index < -0.39 is 0 Å². The summed E-state index contributed by atoms with van der Waals surface area (Å²) in [5, 5.41) is 3.44. The van der Waals surface area contributed by atoms with Crippen molar-refractivity contribution in [2.24, 2.45) is 0 Å². The van der Waals surface area contributed by atoms with Crippen molar-refractivity contribution in [3.05, 3.63) is 18.2 Å². The highest BCUT2D eigenvalue weighted by Gasteiger charge is 2.27. The minimum Gasteiger partial charge on any atom is -0.332 e. The third kappa shape index (κ3) is 3.82. The average Bonchev–Trinajstić information content (AvgIpc) is 3.12. The Morgan fingerprint density at radius 1 is 1.44 bits per heavy atom. The standard InChI is InChI=1S/C14H26N4/c1-3-7-15-10-14-11-16-12-18(14)9-8-17(4-2)13-5-6-13/h11-13,15H,3-10H2,1-2H3. The summed E-state index contributed by atoms with van der Waals surface area (Å²) in [6, 6.07) is 0.861. The van der Waals surface area contributed by atoms with Crippen molar-refractivity contribution in [3.63, 3.8) is 0 Å². The molecule has 0 aromatic carbocycles. The van der Waals surface area contributed by atoms with Gasteiger partial charge in [0, 0.05) is 31.9 Å². The number of likely N-dealkylation sites (N-methyl/N-ethyl adjacent to an activating group) is 1. The minimum atomic E-state index is 0.861. The first-order valence-electron chi connectivity index (χ1n) is 7.29. The van der Waals surface area contributed by atoms with Crippen LogP contribution in [-0.4, -0.2) is 40.1 Å². The Bertz CT molecular complexity index is 343. The Morgan fingerprint density at radius 2 is 2.28 bits per heavy atom. The largest absolute Gasteiger partial charge is 0.332 e. The Morgan fingerprint density at radius 3 is 2.94 bits per heavy atom. The Kier molecular flexibility index (Phi) is 5.20. The van der Waals surface area contributed by atoms with Crippen LogP contribution in [0.2, 0.25) is 0 Å². The van der Waals surface area contributed by atoms with Gasteiger partial charge in [-0.25, -0.2) is 4.98 Å². The van der Waals surface area contributed by atoms with Gasteiger partial charge in [0.15, 0.2) is 0 Å². The normalized spacial score (nSPS) is 15.5. The van der Waals surface area contributed by atoms with E-state index in [1.165, 1.54) is 31.5 Å². The van der Waals surface area contributed by atoms with E-state index in [0.29, 0.717) is 0 Å². The molecular weight excluding hydrogens is 224 g/mol. The molecule has 1 aliphatic rings. The molecule has 0 saturated heterocycles. The van der Waals surface area contributed by atoms with E-state index in [4.69, 9.17) is 0 Å². The zero-order chi connectivity index (χ0) is 12.8. The highest BCUT2D eigenvalue weighted by Crippen LogP contribution is 2.26. The molecule has 0 bridgehead atoms. The van der Waals surface area contributed by atoms with Gasteiger partial charge < -0.3 is 9.88 Å². The number of hydrogen-bond donors (Lipinski definition) is 1. The molecule has 1 aromatic heterocycles. The number of nitrogens with one attached hydrogen (secondary N) is 1. The monoisotopic (exact) mass is 250 g/mol. The van der Waals surface area contributed by atoms with Crippen LogP contribution in [0.15, 0.2) is 12.5 Å². The molecule has 2 rings (SSSR count). The maximum atomic E-state index is 4.27. The predicted octanol–water partition coefficient (Wildman–Crippen LogP) is 1.87. The van der Waals surface area contributed by atoms with Gasteiger partial charge in [0.1, 0.15) is 0 Å². The van der Waals surface area contributed by atoms with Crippen LogP contribution >= 0.6 is 0 Å². The molecular formula is C14H26N4. The van der Waals surface area contributed by atoms with E-state index in [9.17, 15) is 0 Å². The van der Waals surface area contributed by atoms with Crippen LogP contribution < -0.4 is 5.32 Å². The number of hydrogen-bond acceptors (Lipinski definition) is 3. The molecule has 0 aliphatic heterocycles. The fourth-order valence-electron chi connectivity index (χ4n) is 2.36. The first kappa shape index (κ1) is 13.6. The summed E-state index contributed by atoms with van der Waals surface area (Å²) in [4.78, 5) is 6.86. The molecule has 1 N–H and O–H groups in total. The summed E-state index contributed by atoms with van der Waals surface area (Å²) >= 11 is 0. The summed E-state index contributed by atoms with van der Waals surface area (Å²) in [5.74, 6) is 0. The SMILES string of the molecule is CCCNCc1cncn1CCN(CC)C1CC1.